The van der Waals surface area contributed by atoms with Crippen LogP contribution in [0.2, 0.25) is 0 Å². The Labute approximate surface area is 156 Å². The Morgan fingerprint density at radius 2 is 1.78 bits per heavy atom. The number of anilines is 1. The van der Waals surface area contributed by atoms with E-state index in [9.17, 15) is 18.8 Å². The summed E-state index contributed by atoms with van der Waals surface area (Å²) >= 11 is 0. The highest BCUT2D eigenvalue weighted by molar-refractivity contribution is 5.97. The average molecular weight is 372 g/mol. The lowest BCUT2D eigenvalue weighted by Gasteiger charge is -2.11. The minimum Gasteiger partial charge on any atom is -0.494 e. The van der Waals surface area contributed by atoms with Gasteiger partial charge in [0, 0.05) is 28.8 Å². The molecule has 0 fully saturated rings. The highest BCUT2D eigenvalue weighted by Crippen LogP contribution is 2.21. The predicted molar refractivity (Wildman–Crippen MR) is 99.5 cm³/mol. The first-order valence-corrected chi connectivity index (χ1v) is 8.41. The van der Waals surface area contributed by atoms with E-state index in [1.807, 2.05) is 0 Å². The van der Waals surface area contributed by atoms with Crippen LogP contribution in [0, 0.1) is 12.7 Å². The largest absolute Gasteiger partial charge is 0.494 e. The first kappa shape index (κ1) is 20.1. The van der Waals surface area contributed by atoms with Gasteiger partial charge in [-0.3, -0.25) is 14.4 Å². The molecule has 0 unspecified atom stereocenters. The molecule has 0 spiro atoms. The first-order valence-electron chi connectivity index (χ1n) is 8.41. The second-order valence-electron chi connectivity index (χ2n) is 6.08. The summed E-state index contributed by atoms with van der Waals surface area (Å²) in [4.78, 5) is 34.5. The summed E-state index contributed by atoms with van der Waals surface area (Å²) in [6.07, 6.45) is 0.602. The van der Waals surface area contributed by atoms with E-state index in [1.54, 1.807) is 24.3 Å². The number of carbonyl (C=O) groups is 3. The van der Waals surface area contributed by atoms with Crippen molar-refractivity contribution in [1.82, 2.24) is 0 Å². The predicted octanol–water partition coefficient (Wildman–Crippen LogP) is 3.23. The van der Waals surface area contributed by atoms with E-state index in [1.165, 1.54) is 19.9 Å². The SMILES string of the molecule is CC(=O)c1ccc(OCCCC(=O)Nc2cc(C(N)=O)cc(F)c2C)cc1. The van der Waals surface area contributed by atoms with Crippen molar-refractivity contribution in [3.8, 4) is 5.75 Å². The van der Waals surface area contributed by atoms with Crippen LogP contribution in [0.3, 0.4) is 0 Å². The molecule has 27 heavy (non-hydrogen) atoms. The van der Waals surface area contributed by atoms with E-state index in [0.717, 1.165) is 6.07 Å². The van der Waals surface area contributed by atoms with Crippen LogP contribution in [0.4, 0.5) is 10.1 Å². The minimum atomic E-state index is -0.770. The topological polar surface area (TPSA) is 98.5 Å². The molecule has 0 aromatic heterocycles. The average Bonchev–Trinajstić information content (AvgIpc) is 2.62. The van der Waals surface area contributed by atoms with Crippen LogP contribution < -0.4 is 15.8 Å². The summed E-state index contributed by atoms with van der Waals surface area (Å²) in [6, 6.07) is 9.13. The molecule has 0 saturated carbocycles. The van der Waals surface area contributed by atoms with Crippen LogP contribution in [0.15, 0.2) is 36.4 Å². The monoisotopic (exact) mass is 372 g/mol. The van der Waals surface area contributed by atoms with Crippen molar-refractivity contribution in [2.24, 2.45) is 5.73 Å². The number of Topliss-reactive ketones (excluding diaryl/α,β-unsaturated/α-hetero) is 1. The molecule has 2 aromatic carbocycles. The van der Waals surface area contributed by atoms with E-state index in [-0.39, 0.29) is 34.9 Å². The van der Waals surface area contributed by atoms with Crippen LogP contribution in [0.1, 0.15) is 46.0 Å². The Hall–Kier alpha value is -3.22. The van der Waals surface area contributed by atoms with Crippen molar-refractivity contribution in [2.45, 2.75) is 26.7 Å². The first-order chi connectivity index (χ1) is 12.8. The van der Waals surface area contributed by atoms with Gasteiger partial charge in [-0.25, -0.2) is 4.39 Å². The number of nitrogens with one attached hydrogen (secondary N) is 1. The molecule has 0 saturated heterocycles. The third-order valence-corrected chi connectivity index (χ3v) is 3.98. The van der Waals surface area contributed by atoms with Crippen molar-refractivity contribution in [2.75, 3.05) is 11.9 Å². The van der Waals surface area contributed by atoms with Crippen molar-refractivity contribution < 1.29 is 23.5 Å². The van der Waals surface area contributed by atoms with Gasteiger partial charge >= 0.3 is 0 Å². The second kappa shape index (κ2) is 8.93. The van der Waals surface area contributed by atoms with Gasteiger partial charge in [-0.05, 0) is 56.7 Å². The lowest BCUT2D eigenvalue weighted by Crippen LogP contribution is -2.16. The molecule has 2 aromatic rings. The number of rotatable bonds is 8. The van der Waals surface area contributed by atoms with Crippen molar-refractivity contribution in [1.29, 1.82) is 0 Å². The molecule has 7 heteroatoms. The Morgan fingerprint density at radius 1 is 1.11 bits per heavy atom. The smallest absolute Gasteiger partial charge is 0.248 e. The summed E-state index contributed by atoms with van der Waals surface area (Å²) < 4.78 is 19.3. The number of benzene rings is 2. The minimum absolute atomic E-state index is 0.00857. The van der Waals surface area contributed by atoms with Gasteiger partial charge in [0.1, 0.15) is 11.6 Å². The lowest BCUT2D eigenvalue weighted by atomic mass is 10.1. The Balaban J connectivity index is 1.84. The third-order valence-electron chi connectivity index (χ3n) is 3.98. The molecule has 142 valence electrons. The zero-order valence-corrected chi connectivity index (χ0v) is 15.2. The number of ether oxygens (including phenoxy) is 1. The Morgan fingerprint density at radius 3 is 2.37 bits per heavy atom. The van der Waals surface area contributed by atoms with Crippen LogP contribution in [0.5, 0.6) is 5.75 Å². The van der Waals surface area contributed by atoms with Gasteiger partial charge in [0.05, 0.1) is 6.61 Å². The normalized spacial score (nSPS) is 10.3. The zero-order chi connectivity index (χ0) is 20.0. The van der Waals surface area contributed by atoms with E-state index in [4.69, 9.17) is 10.5 Å². The molecule has 6 nitrogen and oxygen atoms in total. The maximum Gasteiger partial charge on any atom is 0.248 e. The molecular weight excluding hydrogens is 351 g/mol. The molecule has 2 amide bonds. The van der Waals surface area contributed by atoms with Crippen molar-refractivity contribution in [3.63, 3.8) is 0 Å². The molecule has 0 atom stereocenters. The fraction of sp³-hybridized carbons (Fsp3) is 0.250. The highest BCUT2D eigenvalue weighted by atomic mass is 19.1. The summed E-state index contributed by atoms with van der Waals surface area (Å²) in [5.41, 5.74) is 6.20. The van der Waals surface area contributed by atoms with Crippen LogP contribution in [-0.4, -0.2) is 24.2 Å². The standard InChI is InChI=1S/C20H21FN2O4/c1-12-17(21)10-15(20(22)26)11-18(12)23-19(25)4-3-9-27-16-7-5-14(6-8-16)13(2)24/h5-8,10-11H,3-4,9H2,1-2H3,(H2,22,26)(H,23,25). The van der Waals surface area contributed by atoms with Crippen molar-refractivity contribution >= 4 is 23.3 Å². The van der Waals surface area contributed by atoms with Crippen LogP contribution in [-0.2, 0) is 4.79 Å². The number of amides is 2. The van der Waals surface area contributed by atoms with E-state index < -0.39 is 11.7 Å². The summed E-state index contributed by atoms with van der Waals surface area (Å²) in [5.74, 6) is -1.12. The van der Waals surface area contributed by atoms with Gasteiger partial charge in [0.15, 0.2) is 5.78 Å². The van der Waals surface area contributed by atoms with Gasteiger partial charge in [-0.2, -0.15) is 0 Å². The number of ketones is 1. The number of halogens is 1. The molecule has 3 N–H and O–H groups in total. The number of hydrogen-bond acceptors (Lipinski definition) is 4. The van der Waals surface area contributed by atoms with Crippen molar-refractivity contribution in [3.05, 3.63) is 58.9 Å². The maximum atomic E-state index is 13.8. The Kier molecular flexibility index (Phi) is 6.65. The van der Waals surface area contributed by atoms with E-state index >= 15 is 0 Å². The lowest BCUT2D eigenvalue weighted by molar-refractivity contribution is -0.116. The molecule has 0 aliphatic heterocycles. The Bertz CT molecular complexity index is 863. The van der Waals surface area contributed by atoms with Gasteiger partial charge in [0.25, 0.3) is 0 Å². The third kappa shape index (κ3) is 5.64. The van der Waals surface area contributed by atoms with Gasteiger partial charge in [0.2, 0.25) is 11.8 Å². The summed E-state index contributed by atoms with van der Waals surface area (Å²) in [6.45, 7) is 3.30. The molecule has 0 bridgehead atoms. The molecule has 0 radical (unpaired) electrons. The van der Waals surface area contributed by atoms with Gasteiger partial charge in [-0.1, -0.05) is 0 Å². The highest BCUT2D eigenvalue weighted by Gasteiger charge is 2.12. The van der Waals surface area contributed by atoms with Gasteiger partial charge in [-0.15, -0.1) is 0 Å². The molecule has 2 rings (SSSR count). The fourth-order valence-electron chi connectivity index (χ4n) is 2.37. The molecule has 0 aliphatic rings. The molecule has 0 heterocycles. The number of hydrogen-bond donors (Lipinski definition) is 2. The number of primary amides is 1. The van der Waals surface area contributed by atoms with Crippen LogP contribution in [0.25, 0.3) is 0 Å². The number of carbonyl (C=O) groups excluding carboxylic acids is 3. The second-order valence-corrected chi connectivity index (χ2v) is 6.08. The summed E-state index contributed by atoms with van der Waals surface area (Å²) in [5, 5.41) is 2.59. The summed E-state index contributed by atoms with van der Waals surface area (Å²) in [7, 11) is 0. The number of nitrogens with two attached hydrogens (primary N) is 1. The van der Waals surface area contributed by atoms with E-state index in [0.29, 0.717) is 24.3 Å². The maximum absolute atomic E-state index is 13.8. The zero-order valence-electron chi connectivity index (χ0n) is 15.2. The molecule has 0 aliphatic carbocycles. The molecular formula is C20H21FN2O4. The van der Waals surface area contributed by atoms with E-state index in [2.05, 4.69) is 5.32 Å². The van der Waals surface area contributed by atoms with Gasteiger partial charge < -0.3 is 15.8 Å². The quantitative estimate of drug-likeness (QED) is 0.549. The van der Waals surface area contributed by atoms with Crippen LogP contribution >= 0.6 is 0 Å². The fourth-order valence-corrected chi connectivity index (χ4v) is 2.37.